The van der Waals surface area contributed by atoms with Crippen LogP contribution in [0.4, 0.5) is 5.69 Å². The van der Waals surface area contributed by atoms with Crippen molar-refractivity contribution in [3.8, 4) is 0 Å². The summed E-state index contributed by atoms with van der Waals surface area (Å²) in [6.07, 6.45) is 2.22. The van der Waals surface area contributed by atoms with E-state index in [0.29, 0.717) is 18.3 Å². The van der Waals surface area contributed by atoms with Crippen molar-refractivity contribution in [1.29, 1.82) is 0 Å². The third-order valence-electron chi connectivity index (χ3n) is 4.46. The van der Waals surface area contributed by atoms with Gasteiger partial charge in [-0.2, -0.15) is 4.31 Å². The number of benzene rings is 1. The summed E-state index contributed by atoms with van der Waals surface area (Å²) in [6.45, 7) is 4.40. The van der Waals surface area contributed by atoms with Crippen LogP contribution < -0.4 is 5.73 Å². The van der Waals surface area contributed by atoms with Gasteiger partial charge in [0.05, 0.1) is 15.6 Å². The number of hydrogen-bond donors (Lipinski definition) is 1. The molecule has 3 rings (SSSR count). The lowest BCUT2D eigenvalue weighted by molar-refractivity contribution is 0.117. The molecule has 2 saturated heterocycles. The van der Waals surface area contributed by atoms with Gasteiger partial charge in [0.2, 0.25) is 10.0 Å². The van der Waals surface area contributed by atoms with Gasteiger partial charge in [-0.3, -0.25) is 4.90 Å². The smallest absolute Gasteiger partial charge is 0.243 e. The molecule has 2 atom stereocenters. The quantitative estimate of drug-likeness (QED) is 0.840. The largest absolute Gasteiger partial charge is 0.398 e. The minimum Gasteiger partial charge on any atom is -0.398 e. The van der Waals surface area contributed by atoms with E-state index in [1.165, 1.54) is 12.1 Å². The Bertz CT molecular complexity index is 650. The van der Waals surface area contributed by atoms with Crippen molar-refractivity contribution < 1.29 is 8.42 Å². The van der Waals surface area contributed by atoms with Crippen LogP contribution in [0.3, 0.4) is 0 Å². The lowest BCUT2D eigenvalue weighted by atomic mass is 10.1. The fourth-order valence-electron chi connectivity index (χ4n) is 3.30. The van der Waals surface area contributed by atoms with Gasteiger partial charge in [-0.1, -0.05) is 11.6 Å². The lowest BCUT2D eigenvalue weighted by Gasteiger charge is -2.41. The third kappa shape index (κ3) is 2.65. The topological polar surface area (TPSA) is 66.6 Å². The van der Waals surface area contributed by atoms with E-state index in [-0.39, 0.29) is 16.0 Å². The molecule has 5 nitrogen and oxygen atoms in total. The standard InChI is InChI=1S/C14H20ClN3O2S/c1-10-8-17-6-2-3-11(17)9-18(10)21(19,20)12-4-5-14(16)13(15)7-12/h4-5,7,10-11H,2-3,6,8-9,16H2,1H3. The first kappa shape index (κ1) is 15.1. The zero-order valence-electron chi connectivity index (χ0n) is 12.0. The second-order valence-corrected chi connectivity index (χ2v) is 8.20. The minimum absolute atomic E-state index is 0.0271. The Hall–Kier alpha value is -0.820. The molecule has 0 saturated carbocycles. The van der Waals surface area contributed by atoms with Crippen LogP contribution in [0.2, 0.25) is 5.02 Å². The number of hydrogen-bond acceptors (Lipinski definition) is 4. The number of piperazine rings is 1. The zero-order chi connectivity index (χ0) is 15.2. The normalized spacial score (nSPS) is 27.7. The van der Waals surface area contributed by atoms with Crippen LogP contribution in [-0.2, 0) is 10.0 Å². The van der Waals surface area contributed by atoms with Crippen molar-refractivity contribution in [3.63, 3.8) is 0 Å². The molecule has 2 heterocycles. The number of sulfonamides is 1. The molecular formula is C14H20ClN3O2S. The molecule has 1 aromatic rings. The van der Waals surface area contributed by atoms with Crippen LogP contribution in [0.1, 0.15) is 19.8 Å². The number of fused-ring (bicyclic) bond motifs is 1. The van der Waals surface area contributed by atoms with Crippen LogP contribution in [0.25, 0.3) is 0 Å². The van der Waals surface area contributed by atoms with Crippen molar-refractivity contribution in [1.82, 2.24) is 9.21 Å². The zero-order valence-corrected chi connectivity index (χ0v) is 13.6. The summed E-state index contributed by atoms with van der Waals surface area (Å²) < 4.78 is 27.3. The van der Waals surface area contributed by atoms with Gasteiger partial charge >= 0.3 is 0 Å². The second-order valence-electron chi connectivity index (χ2n) is 5.90. The predicted octanol–water partition coefficient (Wildman–Crippen LogP) is 1.78. The summed E-state index contributed by atoms with van der Waals surface area (Å²) in [5.41, 5.74) is 6.05. The number of anilines is 1. The summed E-state index contributed by atoms with van der Waals surface area (Å²) in [5.74, 6) is 0. The highest BCUT2D eigenvalue weighted by molar-refractivity contribution is 7.89. The average Bonchev–Trinajstić information content (AvgIpc) is 2.87. The molecule has 2 N–H and O–H groups in total. The Kier molecular flexibility index (Phi) is 3.90. The first-order chi connectivity index (χ1) is 9.89. The summed E-state index contributed by atoms with van der Waals surface area (Å²) in [7, 11) is -3.52. The van der Waals surface area contributed by atoms with Crippen molar-refractivity contribution in [2.45, 2.75) is 36.7 Å². The van der Waals surface area contributed by atoms with Crippen molar-refractivity contribution in [2.75, 3.05) is 25.4 Å². The molecule has 0 spiro atoms. The van der Waals surface area contributed by atoms with E-state index in [2.05, 4.69) is 4.90 Å². The summed E-state index contributed by atoms with van der Waals surface area (Å²) in [4.78, 5) is 2.62. The number of nitrogens with two attached hydrogens (primary N) is 1. The molecule has 7 heteroatoms. The van der Waals surface area contributed by atoms with Crippen LogP contribution in [0, 0.1) is 0 Å². The van der Waals surface area contributed by atoms with Gasteiger partial charge in [-0.15, -0.1) is 0 Å². The van der Waals surface area contributed by atoms with E-state index in [1.807, 2.05) is 6.92 Å². The highest BCUT2D eigenvalue weighted by atomic mass is 35.5. The molecule has 21 heavy (non-hydrogen) atoms. The maximum absolute atomic E-state index is 12.9. The van der Waals surface area contributed by atoms with Gasteiger partial charge in [0.25, 0.3) is 0 Å². The third-order valence-corrected chi connectivity index (χ3v) is 6.76. The fraction of sp³-hybridized carbons (Fsp3) is 0.571. The first-order valence-electron chi connectivity index (χ1n) is 7.20. The highest BCUT2D eigenvalue weighted by Crippen LogP contribution is 2.30. The predicted molar refractivity (Wildman–Crippen MR) is 83.8 cm³/mol. The van der Waals surface area contributed by atoms with Crippen molar-refractivity contribution >= 4 is 27.3 Å². The van der Waals surface area contributed by atoms with Gasteiger partial charge in [0.1, 0.15) is 0 Å². The van der Waals surface area contributed by atoms with E-state index in [0.717, 1.165) is 25.9 Å². The summed E-state index contributed by atoms with van der Waals surface area (Å²) in [6, 6.07) is 4.84. The maximum atomic E-state index is 12.9. The van der Waals surface area contributed by atoms with Gasteiger partial charge in [0.15, 0.2) is 0 Å². The Labute approximate surface area is 130 Å². The molecule has 1 aromatic carbocycles. The molecule has 116 valence electrons. The molecule has 2 unspecified atom stereocenters. The van der Waals surface area contributed by atoms with Crippen molar-refractivity contribution in [2.24, 2.45) is 0 Å². The second kappa shape index (κ2) is 5.43. The summed E-state index contributed by atoms with van der Waals surface area (Å²) >= 11 is 5.97. The Morgan fingerprint density at radius 1 is 1.33 bits per heavy atom. The molecule has 0 amide bonds. The molecule has 0 aromatic heterocycles. The molecule has 0 radical (unpaired) electrons. The van der Waals surface area contributed by atoms with E-state index < -0.39 is 10.0 Å². The molecule has 0 bridgehead atoms. The van der Waals surface area contributed by atoms with Crippen LogP contribution >= 0.6 is 11.6 Å². The average molecular weight is 330 g/mol. The summed E-state index contributed by atoms with van der Waals surface area (Å²) in [5, 5.41) is 0.281. The first-order valence-corrected chi connectivity index (χ1v) is 9.02. The minimum atomic E-state index is -3.52. The van der Waals surface area contributed by atoms with Gasteiger partial charge in [0, 0.05) is 25.2 Å². The molecule has 2 aliphatic heterocycles. The SMILES string of the molecule is CC1CN2CCCC2CN1S(=O)(=O)c1ccc(N)c(Cl)c1. The number of halogens is 1. The number of nitrogen functional groups attached to an aromatic ring is 1. The van der Waals surface area contributed by atoms with Gasteiger partial charge in [-0.25, -0.2) is 8.42 Å². The van der Waals surface area contributed by atoms with E-state index in [9.17, 15) is 8.42 Å². The maximum Gasteiger partial charge on any atom is 0.243 e. The van der Waals surface area contributed by atoms with Gasteiger partial charge in [-0.05, 0) is 44.5 Å². The lowest BCUT2D eigenvalue weighted by Crippen LogP contribution is -2.56. The van der Waals surface area contributed by atoms with E-state index >= 15 is 0 Å². The van der Waals surface area contributed by atoms with Crippen LogP contribution in [0.15, 0.2) is 23.1 Å². The Morgan fingerprint density at radius 3 is 2.81 bits per heavy atom. The van der Waals surface area contributed by atoms with E-state index in [4.69, 9.17) is 17.3 Å². The van der Waals surface area contributed by atoms with Crippen molar-refractivity contribution in [3.05, 3.63) is 23.2 Å². The Balaban J connectivity index is 1.91. The highest BCUT2D eigenvalue weighted by Gasteiger charge is 2.40. The molecule has 2 fully saturated rings. The van der Waals surface area contributed by atoms with E-state index in [1.54, 1.807) is 10.4 Å². The number of nitrogens with zero attached hydrogens (tertiary/aromatic N) is 2. The Morgan fingerprint density at radius 2 is 2.10 bits per heavy atom. The monoisotopic (exact) mass is 329 g/mol. The molecule has 2 aliphatic rings. The molecular weight excluding hydrogens is 310 g/mol. The van der Waals surface area contributed by atoms with Crippen LogP contribution in [-0.4, -0.2) is 49.3 Å². The van der Waals surface area contributed by atoms with Gasteiger partial charge < -0.3 is 5.73 Å². The fourth-order valence-corrected chi connectivity index (χ4v) is 5.23. The van der Waals surface area contributed by atoms with Crippen LogP contribution in [0.5, 0.6) is 0 Å². The number of rotatable bonds is 2. The molecule has 0 aliphatic carbocycles.